The molecule has 0 saturated heterocycles. The Kier molecular flexibility index (Phi) is 4.56. The van der Waals surface area contributed by atoms with Crippen LogP contribution < -0.4 is 5.73 Å². The lowest BCUT2D eigenvalue weighted by Crippen LogP contribution is -2.28. The molecule has 0 bridgehead atoms. The lowest BCUT2D eigenvalue weighted by atomic mass is 9.88. The van der Waals surface area contributed by atoms with Crippen LogP contribution in [-0.4, -0.2) is 22.0 Å². The molecule has 0 fully saturated rings. The van der Waals surface area contributed by atoms with E-state index in [1.807, 2.05) is 0 Å². The lowest BCUT2D eigenvalue weighted by molar-refractivity contribution is -0.385. The zero-order valence-corrected chi connectivity index (χ0v) is 9.65. The minimum absolute atomic E-state index is 0.124. The van der Waals surface area contributed by atoms with E-state index >= 15 is 0 Å². The highest BCUT2D eigenvalue weighted by molar-refractivity contribution is 5.69. The molecule has 6 nitrogen and oxygen atoms in total. The summed E-state index contributed by atoms with van der Waals surface area (Å²) in [4.78, 5) is 21.2. The minimum Gasteiger partial charge on any atom is -0.481 e. The van der Waals surface area contributed by atoms with Gasteiger partial charge in [0.05, 0.1) is 11.3 Å². The minimum atomic E-state index is -1.06. The maximum absolute atomic E-state index is 10.9. The third kappa shape index (κ3) is 3.14. The first-order valence-electron chi connectivity index (χ1n) is 5.30. The molecule has 0 spiro atoms. The molecule has 1 aromatic carbocycles. The summed E-state index contributed by atoms with van der Waals surface area (Å²) in [7, 11) is 0. The summed E-state index contributed by atoms with van der Waals surface area (Å²) in [6, 6.07) is 5.35. The van der Waals surface area contributed by atoms with E-state index in [1.54, 1.807) is 6.07 Å². The molecule has 0 heterocycles. The van der Waals surface area contributed by atoms with Crippen molar-refractivity contribution in [1.29, 1.82) is 0 Å². The summed E-state index contributed by atoms with van der Waals surface area (Å²) in [5.74, 6) is -1.72. The molecule has 1 aromatic rings. The van der Waals surface area contributed by atoms with E-state index in [4.69, 9.17) is 10.8 Å². The van der Waals surface area contributed by atoms with Crippen LogP contribution in [0.15, 0.2) is 36.9 Å². The number of carboxylic acid groups (broad SMARTS) is 1. The highest BCUT2D eigenvalue weighted by Crippen LogP contribution is 2.31. The van der Waals surface area contributed by atoms with Gasteiger partial charge in [0, 0.05) is 23.6 Å². The van der Waals surface area contributed by atoms with E-state index in [0.717, 1.165) is 0 Å². The average Bonchev–Trinajstić information content (AvgIpc) is 2.34. The molecule has 1 rings (SSSR count). The van der Waals surface area contributed by atoms with Crippen molar-refractivity contribution < 1.29 is 14.8 Å². The van der Waals surface area contributed by atoms with Gasteiger partial charge in [0.2, 0.25) is 0 Å². The number of carboxylic acids is 1. The van der Waals surface area contributed by atoms with Gasteiger partial charge in [-0.2, -0.15) is 0 Å². The molecule has 0 saturated carbocycles. The van der Waals surface area contributed by atoms with Crippen LogP contribution in [0.4, 0.5) is 5.69 Å². The highest BCUT2D eigenvalue weighted by Gasteiger charge is 2.27. The number of carbonyl (C=O) groups is 1. The molecule has 0 radical (unpaired) electrons. The van der Waals surface area contributed by atoms with Crippen LogP contribution in [0.5, 0.6) is 0 Å². The Morgan fingerprint density at radius 3 is 2.67 bits per heavy atom. The first kappa shape index (κ1) is 13.9. The molecule has 2 atom stereocenters. The quantitative estimate of drug-likeness (QED) is 0.453. The predicted molar refractivity (Wildman–Crippen MR) is 66.3 cm³/mol. The zero-order valence-electron chi connectivity index (χ0n) is 9.65. The van der Waals surface area contributed by atoms with Gasteiger partial charge in [0.25, 0.3) is 5.69 Å². The number of hydrogen-bond donors (Lipinski definition) is 2. The van der Waals surface area contributed by atoms with Crippen LogP contribution in [0.1, 0.15) is 17.9 Å². The fourth-order valence-corrected chi connectivity index (χ4v) is 1.77. The van der Waals surface area contributed by atoms with Gasteiger partial charge < -0.3 is 10.8 Å². The maximum Gasteiger partial charge on any atom is 0.304 e. The number of benzene rings is 1. The van der Waals surface area contributed by atoms with Crippen molar-refractivity contribution in [3.8, 4) is 0 Å². The van der Waals surface area contributed by atoms with Crippen LogP contribution in [0, 0.1) is 10.1 Å². The summed E-state index contributed by atoms with van der Waals surface area (Å²) in [6.45, 7) is 3.50. The Morgan fingerprint density at radius 2 is 2.17 bits per heavy atom. The number of nitrogens with zero attached hydrogens (tertiary/aromatic N) is 1. The lowest BCUT2D eigenvalue weighted by Gasteiger charge is -2.19. The molecular weight excluding hydrogens is 236 g/mol. The molecule has 0 aliphatic rings. The molecular formula is C12H14N2O4. The van der Waals surface area contributed by atoms with Gasteiger partial charge in [0.15, 0.2) is 0 Å². The first-order chi connectivity index (χ1) is 8.47. The van der Waals surface area contributed by atoms with Crippen molar-refractivity contribution in [2.75, 3.05) is 0 Å². The van der Waals surface area contributed by atoms with E-state index < -0.39 is 22.9 Å². The second kappa shape index (κ2) is 5.92. The Balaban J connectivity index is 3.23. The standard InChI is InChI=1S/C12H14N2O4/c1-2-10(13)9(7-12(15)16)8-5-3-4-6-11(8)14(17)18/h2-6,9-10H,1,7,13H2,(H,15,16). The van der Waals surface area contributed by atoms with Gasteiger partial charge in [-0.1, -0.05) is 24.3 Å². The number of hydrogen-bond acceptors (Lipinski definition) is 4. The van der Waals surface area contributed by atoms with E-state index in [-0.39, 0.29) is 12.1 Å². The topological polar surface area (TPSA) is 106 Å². The number of nitro groups is 1. The highest BCUT2D eigenvalue weighted by atomic mass is 16.6. The Hall–Kier alpha value is -2.21. The largest absolute Gasteiger partial charge is 0.481 e. The Morgan fingerprint density at radius 1 is 1.56 bits per heavy atom. The van der Waals surface area contributed by atoms with Crippen LogP contribution in [0.3, 0.4) is 0 Å². The number of nitrogens with two attached hydrogens (primary N) is 1. The normalized spacial score (nSPS) is 13.6. The molecule has 0 aliphatic carbocycles. The van der Waals surface area contributed by atoms with Crippen LogP contribution in [0.25, 0.3) is 0 Å². The van der Waals surface area contributed by atoms with Crippen molar-refractivity contribution in [1.82, 2.24) is 0 Å². The monoisotopic (exact) mass is 250 g/mol. The third-order valence-electron chi connectivity index (χ3n) is 2.66. The first-order valence-corrected chi connectivity index (χ1v) is 5.30. The van der Waals surface area contributed by atoms with Crippen LogP contribution in [0.2, 0.25) is 0 Å². The zero-order chi connectivity index (χ0) is 13.7. The number of aliphatic carboxylic acids is 1. The van der Waals surface area contributed by atoms with Gasteiger partial charge in [-0.05, 0) is 0 Å². The van der Waals surface area contributed by atoms with Crippen molar-refractivity contribution in [2.24, 2.45) is 5.73 Å². The van der Waals surface area contributed by atoms with E-state index in [9.17, 15) is 14.9 Å². The SMILES string of the molecule is C=CC(N)C(CC(=O)O)c1ccccc1[N+](=O)[O-]. The number of para-hydroxylation sites is 1. The van der Waals surface area contributed by atoms with Gasteiger partial charge in [-0.25, -0.2) is 0 Å². The van der Waals surface area contributed by atoms with Gasteiger partial charge in [-0.15, -0.1) is 6.58 Å². The van der Waals surface area contributed by atoms with E-state index in [0.29, 0.717) is 5.56 Å². The van der Waals surface area contributed by atoms with Crippen molar-refractivity contribution in [2.45, 2.75) is 18.4 Å². The molecule has 0 amide bonds. The van der Waals surface area contributed by atoms with Crippen molar-refractivity contribution in [3.05, 3.63) is 52.6 Å². The fourth-order valence-electron chi connectivity index (χ4n) is 1.77. The molecule has 6 heteroatoms. The Labute approximate surface area is 104 Å². The van der Waals surface area contributed by atoms with Gasteiger partial charge in [0.1, 0.15) is 0 Å². The summed E-state index contributed by atoms with van der Waals surface area (Å²) in [5, 5.41) is 19.8. The smallest absolute Gasteiger partial charge is 0.304 e. The molecule has 18 heavy (non-hydrogen) atoms. The van der Waals surface area contributed by atoms with Crippen LogP contribution >= 0.6 is 0 Å². The maximum atomic E-state index is 10.9. The summed E-state index contributed by atoms with van der Waals surface area (Å²) in [6.07, 6.45) is 1.11. The number of rotatable bonds is 6. The number of nitro benzene ring substituents is 1. The average molecular weight is 250 g/mol. The van der Waals surface area contributed by atoms with Gasteiger partial charge in [-0.3, -0.25) is 14.9 Å². The van der Waals surface area contributed by atoms with E-state index in [1.165, 1.54) is 24.3 Å². The van der Waals surface area contributed by atoms with Crippen LogP contribution in [-0.2, 0) is 4.79 Å². The molecule has 3 N–H and O–H groups in total. The molecule has 96 valence electrons. The molecule has 0 aliphatic heterocycles. The fraction of sp³-hybridized carbons (Fsp3) is 0.250. The Bertz CT molecular complexity index is 473. The molecule has 2 unspecified atom stereocenters. The van der Waals surface area contributed by atoms with Crippen molar-refractivity contribution in [3.63, 3.8) is 0 Å². The predicted octanol–water partition coefficient (Wildman–Crippen LogP) is 1.67. The van der Waals surface area contributed by atoms with Crippen molar-refractivity contribution >= 4 is 11.7 Å². The van der Waals surface area contributed by atoms with Gasteiger partial charge >= 0.3 is 5.97 Å². The second-order valence-electron chi connectivity index (χ2n) is 3.83. The third-order valence-corrected chi connectivity index (χ3v) is 2.66. The summed E-state index contributed by atoms with van der Waals surface area (Å²) in [5.41, 5.74) is 5.96. The molecule has 0 aromatic heterocycles. The van der Waals surface area contributed by atoms with E-state index in [2.05, 4.69) is 6.58 Å². The second-order valence-corrected chi connectivity index (χ2v) is 3.83. The summed E-state index contributed by atoms with van der Waals surface area (Å²) < 4.78 is 0. The summed E-state index contributed by atoms with van der Waals surface area (Å²) >= 11 is 0.